The average molecular weight is 348 g/mol. The summed E-state index contributed by atoms with van der Waals surface area (Å²) in [6, 6.07) is 18.9. The van der Waals surface area contributed by atoms with E-state index in [1.54, 1.807) is 24.3 Å². The van der Waals surface area contributed by atoms with Gasteiger partial charge < -0.3 is 15.8 Å². The summed E-state index contributed by atoms with van der Waals surface area (Å²) in [4.78, 5) is 35.2. The average Bonchev–Trinajstić information content (AvgIpc) is 2.66. The van der Waals surface area contributed by atoms with Crippen molar-refractivity contribution in [2.75, 3.05) is 11.9 Å². The van der Waals surface area contributed by atoms with Crippen LogP contribution in [0, 0.1) is 0 Å². The van der Waals surface area contributed by atoms with Gasteiger partial charge >= 0.3 is 5.97 Å². The maximum Gasteiger partial charge on any atom is 0.339 e. The van der Waals surface area contributed by atoms with Crippen LogP contribution in [0.15, 0.2) is 66.7 Å². The minimum absolute atomic E-state index is 0.338. The second kappa shape index (κ2) is 7.48. The van der Waals surface area contributed by atoms with Crippen molar-refractivity contribution in [3.63, 3.8) is 0 Å². The molecule has 0 spiro atoms. The molecule has 3 N–H and O–H groups in total. The number of hydrogen-bond acceptors (Lipinski definition) is 4. The van der Waals surface area contributed by atoms with E-state index in [-0.39, 0.29) is 0 Å². The van der Waals surface area contributed by atoms with Crippen molar-refractivity contribution in [1.82, 2.24) is 0 Å². The summed E-state index contributed by atoms with van der Waals surface area (Å²) in [5, 5.41) is 4.27. The Balaban J connectivity index is 1.62. The molecule has 2 amide bonds. The fourth-order valence-corrected chi connectivity index (χ4v) is 2.53. The third kappa shape index (κ3) is 3.87. The van der Waals surface area contributed by atoms with Gasteiger partial charge in [-0.2, -0.15) is 0 Å². The number of amides is 2. The molecule has 0 aromatic heterocycles. The number of anilines is 1. The maximum atomic E-state index is 12.3. The minimum Gasteiger partial charge on any atom is -0.452 e. The number of esters is 1. The summed E-state index contributed by atoms with van der Waals surface area (Å²) in [6.07, 6.45) is 0. The molecule has 130 valence electrons. The van der Waals surface area contributed by atoms with Crippen LogP contribution in [0.5, 0.6) is 0 Å². The zero-order chi connectivity index (χ0) is 18.5. The van der Waals surface area contributed by atoms with E-state index in [0.29, 0.717) is 16.8 Å². The molecule has 0 saturated carbocycles. The molecule has 0 bridgehead atoms. The van der Waals surface area contributed by atoms with Gasteiger partial charge in [-0.05, 0) is 41.1 Å². The lowest BCUT2D eigenvalue weighted by Crippen LogP contribution is -2.21. The molecule has 26 heavy (non-hydrogen) atoms. The lowest BCUT2D eigenvalue weighted by Gasteiger charge is -2.08. The first-order chi connectivity index (χ1) is 12.5. The number of carbonyl (C=O) groups excluding carboxylic acids is 3. The van der Waals surface area contributed by atoms with Gasteiger partial charge in [-0.15, -0.1) is 0 Å². The first kappa shape index (κ1) is 17.2. The van der Waals surface area contributed by atoms with E-state index in [2.05, 4.69) is 5.32 Å². The Bertz CT molecular complexity index is 975. The number of nitrogens with two attached hydrogens (primary N) is 1. The van der Waals surface area contributed by atoms with Crippen molar-refractivity contribution in [3.05, 3.63) is 77.9 Å². The predicted molar refractivity (Wildman–Crippen MR) is 97.8 cm³/mol. The molecule has 6 heteroatoms. The maximum absolute atomic E-state index is 12.3. The highest BCUT2D eigenvalue weighted by molar-refractivity contribution is 6.05. The highest BCUT2D eigenvalue weighted by Crippen LogP contribution is 2.19. The zero-order valence-corrected chi connectivity index (χ0v) is 13.8. The number of nitrogens with one attached hydrogen (secondary N) is 1. The highest BCUT2D eigenvalue weighted by Gasteiger charge is 2.13. The summed E-state index contributed by atoms with van der Waals surface area (Å²) < 4.78 is 5.11. The van der Waals surface area contributed by atoms with E-state index in [1.807, 2.05) is 30.3 Å². The fourth-order valence-electron chi connectivity index (χ4n) is 2.53. The monoisotopic (exact) mass is 348 g/mol. The van der Waals surface area contributed by atoms with Crippen LogP contribution in [0.3, 0.4) is 0 Å². The second-order valence-electron chi connectivity index (χ2n) is 5.59. The van der Waals surface area contributed by atoms with Gasteiger partial charge in [0.15, 0.2) is 6.61 Å². The van der Waals surface area contributed by atoms with Gasteiger partial charge in [0.1, 0.15) is 0 Å². The third-order valence-corrected chi connectivity index (χ3v) is 3.80. The molecule has 0 aliphatic heterocycles. The van der Waals surface area contributed by atoms with E-state index in [4.69, 9.17) is 10.5 Å². The Morgan fingerprint density at radius 2 is 1.58 bits per heavy atom. The predicted octanol–water partition coefficient (Wildman–Crippen LogP) is 2.73. The summed E-state index contributed by atoms with van der Waals surface area (Å²) in [6.45, 7) is -0.417. The van der Waals surface area contributed by atoms with Gasteiger partial charge in [0, 0.05) is 11.3 Å². The van der Waals surface area contributed by atoms with Crippen LogP contribution in [0.25, 0.3) is 10.8 Å². The fraction of sp³-hybridized carbons (Fsp3) is 0.0500. The van der Waals surface area contributed by atoms with Gasteiger partial charge in [0.25, 0.3) is 5.91 Å². The van der Waals surface area contributed by atoms with Crippen molar-refractivity contribution in [2.45, 2.75) is 0 Å². The van der Waals surface area contributed by atoms with E-state index >= 15 is 0 Å². The van der Waals surface area contributed by atoms with Gasteiger partial charge in [0.2, 0.25) is 5.91 Å². The standard InChI is InChI=1S/C20H16N2O4/c21-19(24)14-8-10-15(11-9-14)22-18(23)12-26-20(25)17-7-3-5-13-4-1-2-6-16(13)17/h1-11H,12H2,(H2,21,24)(H,22,23). The summed E-state index contributed by atoms with van der Waals surface area (Å²) >= 11 is 0. The van der Waals surface area contributed by atoms with Gasteiger partial charge in [-0.3, -0.25) is 9.59 Å². The van der Waals surface area contributed by atoms with Crippen molar-refractivity contribution in [2.24, 2.45) is 5.73 Å². The van der Waals surface area contributed by atoms with Gasteiger partial charge in [-0.1, -0.05) is 36.4 Å². The third-order valence-electron chi connectivity index (χ3n) is 3.80. The van der Waals surface area contributed by atoms with E-state index < -0.39 is 24.4 Å². The highest BCUT2D eigenvalue weighted by atomic mass is 16.5. The number of rotatable bonds is 5. The largest absolute Gasteiger partial charge is 0.452 e. The van der Waals surface area contributed by atoms with Crippen LogP contribution in [-0.4, -0.2) is 24.4 Å². The molecule has 0 saturated heterocycles. The molecule has 6 nitrogen and oxygen atoms in total. The molecular weight excluding hydrogens is 332 g/mol. The van der Waals surface area contributed by atoms with Crippen LogP contribution in [0.2, 0.25) is 0 Å². The molecule has 0 unspecified atom stereocenters. The Morgan fingerprint density at radius 1 is 0.885 bits per heavy atom. The summed E-state index contributed by atoms with van der Waals surface area (Å²) in [5.41, 5.74) is 6.37. The molecule has 0 atom stereocenters. The number of benzene rings is 3. The van der Waals surface area contributed by atoms with Crippen molar-refractivity contribution < 1.29 is 19.1 Å². The SMILES string of the molecule is NC(=O)c1ccc(NC(=O)COC(=O)c2cccc3ccccc23)cc1. The smallest absolute Gasteiger partial charge is 0.339 e. The Kier molecular flexibility index (Phi) is 4.94. The van der Waals surface area contributed by atoms with Gasteiger partial charge in [-0.25, -0.2) is 4.79 Å². The molecule has 0 aliphatic rings. The molecular formula is C20H16N2O4. The molecule has 3 aromatic carbocycles. The molecule has 0 fully saturated rings. The van der Waals surface area contributed by atoms with Crippen LogP contribution < -0.4 is 11.1 Å². The van der Waals surface area contributed by atoms with E-state index in [1.165, 1.54) is 12.1 Å². The number of hydrogen-bond donors (Lipinski definition) is 2. The quantitative estimate of drug-likeness (QED) is 0.693. The second-order valence-corrected chi connectivity index (χ2v) is 5.59. The Labute approximate surface area is 149 Å². The molecule has 3 aromatic rings. The molecule has 0 radical (unpaired) electrons. The van der Waals surface area contributed by atoms with E-state index in [9.17, 15) is 14.4 Å². The van der Waals surface area contributed by atoms with Crippen molar-refractivity contribution >= 4 is 34.2 Å². The van der Waals surface area contributed by atoms with E-state index in [0.717, 1.165) is 10.8 Å². The Hall–Kier alpha value is -3.67. The molecule has 0 aliphatic carbocycles. The summed E-state index contributed by atoms with van der Waals surface area (Å²) in [5.74, 6) is -1.60. The first-order valence-corrected chi connectivity index (χ1v) is 7.89. The lowest BCUT2D eigenvalue weighted by molar-refractivity contribution is -0.119. The van der Waals surface area contributed by atoms with Crippen LogP contribution >= 0.6 is 0 Å². The zero-order valence-electron chi connectivity index (χ0n) is 13.8. The first-order valence-electron chi connectivity index (χ1n) is 7.89. The van der Waals surface area contributed by atoms with Crippen molar-refractivity contribution in [3.8, 4) is 0 Å². The topological polar surface area (TPSA) is 98.5 Å². The van der Waals surface area contributed by atoms with Crippen LogP contribution in [-0.2, 0) is 9.53 Å². The van der Waals surface area contributed by atoms with Crippen LogP contribution in [0.4, 0.5) is 5.69 Å². The van der Waals surface area contributed by atoms with Gasteiger partial charge in [0.05, 0.1) is 5.56 Å². The normalized spacial score (nSPS) is 10.3. The Morgan fingerprint density at radius 3 is 2.31 bits per heavy atom. The van der Waals surface area contributed by atoms with Crippen molar-refractivity contribution in [1.29, 1.82) is 0 Å². The number of primary amides is 1. The number of ether oxygens (including phenoxy) is 1. The van der Waals surface area contributed by atoms with Crippen LogP contribution in [0.1, 0.15) is 20.7 Å². The summed E-state index contributed by atoms with van der Waals surface area (Å²) in [7, 11) is 0. The lowest BCUT2D eigenvalue weighted by atomic mass is 10.1. The number of carbonyl (C=O) groups is 3. The minimum atomic E-state index is -0.568. The molecule has 0 heterocycles. The number of fused-ring (bicyclic) bond motifs is 1. The molecule has 3 rings (SSSR count).